The standard InChI is InChI=1S/C18H22N2O2P/c1-11(2)15-10-9-14-17(21)13-7-5-6-8-16(13)23(22,12(3)4)18(14)20(15)19/h5-12H,19H2,1-4H3/q+1. The first-order chi connectivity index (χ1) is 10.8. The molecule has 1 atom stereocenters. The Morgan fingerprint density at radius 1 is 1.00 bits per heavy atom. The van der Waals surface area contributed by atoms with Crippen molar-refractivity contribution in [3.63, 3.8) is 0 Å². The van der Waals surface area contributed by atoms with Gasteiger partial charge in [-0.05, 0) is 6.07 Å². The Balaban J connectivity index is 2.45. The molecule has 0 fully saturated rings. The van der Waals surface area contributed by atoms with Gasteiger partial charge in [-0.25, -0.2) is 5.84 Å². The second-order valence-electron chi connectivity index (χ2n) is 6.62. The van der Waals surface area contributed by atoms with Crippen molar-refractivity contribution in [2.75, 3.05) is 5.84 Å². The fourth-order valence-electron chi connectivity index (χ4n) is 3.30. The highest BCUT2D eigenvalue weighted by molar-refractivity contribution is 7.79. The normalized spacial score (nSPS) is 19.8. The van der Waals surface area contributed by atoms with E-state index in [1.807, 2.05) is 45.9 Å². The highest BCUT2D eigenvalue weighted by Crippen LogP contribution is 2.51. The lowest BCUT2D eigenvalue weighted by Gasteiger charge is -2.27. The Morgan fingerprint density at radius 2 is 1.65 bits per heavy atom. The maximum Gasteiger partial charge on any atom is 0.284 e. The number of ketones is 1. The van der Waals surface area contributed by atoms with Crippen LogP contribution in [0.5, 0.6) is 0 Å². The first-order valence-corrected chi connectivity index (χ1v) is 9.66. The fraction of sp³-hybridized carbons (Fsp3) is 0.333. The first kappa shape index (κ1) is 15.9. The van der Waals surface area contributed by atoms with E-state index in [0.717, 1.165) is 5.69 Å². The van der Waals surface area contributed by atoms with Crippen LogP contribution < -0.4 is 21.3 Å². The Labute approximate surface area is 136 Å². The summed E-state index contributed by atoms with van der Waals surface area (Å²) in [5, 5.41) is 0.632. The van der Waals surface area contributed by atoms with Crippen molar-refractivity contribution in [1.29, 1.82) is 0 Å². The third kappa shape index (κ3) is 2.08. The molecule has 0 saturated heterocycles. The molecular formula is C18H22N2O2P+. The molecule has 0 bridgehead atoms. The quantitative estimate of drug-likeness (QED) is 0.521. The molecule has 3 rings (SSSR count). The van der Waals surface area contributed by atoms with E-state index in [0.29, 0.717) is 21.9 Å². The molecule has 0 spiro atoms. The van der Waals surface area contributed by atoms with Crippen LogP contribution >= 0.6 is 7.14 Å². The van der Waals surface area contributed by atoms with Gasteiger partial charge < -0.3 is 4.57 Å². The molecule has 5 heteroatoms. The number of rotatable bonds is 2. The van der Waals surface area contributed by atoms with Crippen molar-refractivity contribution >= 4 is 23.7 Å². The van der Waals surface area contributed by atoms with Crippen molar-refractivity contribution in [1.82, 2.24) is 0 Å². The van der Waals surface area contributed by atoms with Crippen molar-refractivity contribution in [3.05, 3.63) is 53.2 Å². The zero-order valence-electron chi connectivity index (χ0n) is 13.9. The van der Waals surface area contributed by atoms with Crippen LogP contribution in [0.3, 0.4) is 0 Å². The van der Waals surface area contributed by atoms with Gasteiger partial charge in [0.2, 0.25) is 18.6 Å². The predicted octanol–water partition coefficient (Wildman–Crippen LogP) is 2.08. The summed E-state index contributed by atoms with van der Waals surface area (Å²) in [7, 11) is -2.99. The van der Waals surface area contributed by atoms with Gasteiger partial charge in [0.1, 0.15) is 5.56 Å². The van der Waals surface area contributed by atoms with Crippen molar-refractivity contribution < 1.29 is 14.0 Å². The van der Waals surface area contributed by atoms with E-state index in [1.54, 1.807) is 18.2 Å². The topological polar surface area (TPSA) is 64.0 Å². The van der Waals surface area contributed by atoms with Crippen LogP contribution in [-0.4, -0.2) is 11.4 Å². The summed E-state index contributed by atoms with van der Waals surface area (Å²) in [5.74, 6) is 6.41. The molecule has 0 saturated carbocycles. The zero-order valence-corrected chi connectivity index (χ0v) is 14.8. The van der Waals surface area contributed by atoms with Crippen LogP contribution in [0.2, 0.25) is 0 Å². The third-order valence-corrected chi connectivity index (χ3v) is 8.20. The molecule has 1 aromatic heterocycles. The summed E-state index contributed by atoms with van der Waals surface area (Å²) in [6, 6.07) is 10.8. The highest BCUT2D eigenvalue weighted by atomic mass is 31.2. The van der Waals surface area contributed by atoms with Gasteiger partial charge in [-0.3, -0.25) is 4.79 Å². The minimum Gasteiger partial charge on any atom is -0.307 e. The van der Waals surface area contributed by atoms with E-state index in [1.165, 1.54) is 4.68 Å². The van der Waals surface area contributed by atoms with Crippen molar-refractivity contribution in [2.45, 2.75) is 39.3 Å². The van der Waals surface area contributed by atoms with Gasteiger partial charge in [0, 0.05) is 28.5 Å². The molecule has 0 aliphatic carbocycles. The molecule has 1 aromatic carbocycles. The molecule has 0 radical (unpaired) electrons. The average Bonchev–Trinajstić information content (AvgIpc) is 2.51. The Bertz CT molecular complexity index is 856. The van der Waals surface area contributed by atoms with Crippen LogP contribution in [0.15, 0.2) is 36.4 Å². The van der Waals surface area contributed by atoms with Crippen LogP contribution in [0, 0.1) is 0 Å². The number of carbonyl (C=O) groups excluding carboxylic acids is 1. The van der Waals surface area contributed by atoms with Gasteiger partial charge in [-0.1, -0.05) is 56.6 Å². The minimum absolute atomic E-state index is 0.0998. The third-order valence-electron chi connectivity index (χ3n) is 4.55. The van der Waals surface area contributed by atoms with Gasteiger partial charge in [0.15, 0.2) is 0 Å². The van der Waals surface area contributed by atoms with Crippen molar-refractivity contribution in [3.8, 4) is 0 Å². The van der Waals surface area contributed by atoms with Gasteiger partial charge in [-0.15, -0.1) is 0 Å². The number of hydrogen-bond donors (Lipinski definition) is 1. The molecule has 2 heterocycles. The average molecular weight is 329 g/mol. The Kier molecular flexibility index (Phi) is 3.68. The van der Waals surface area contributed by atoms with E-state index in [2.05, 4.69) is 0 Å². The monoisotopic (exact) mass is 329 g/mol. The summed E-state index contributed by atoms with van der Waals surface area (Å²) in [6.45, 7) is 7.92. The van der Waals surface area contributed by atoms with Crippen LogP contribution in [0.25, 0.3) is 0 Å². The SMILES string of the molecule is CC(C)c1ccc2c([n+]1N)P(=O)(C(C)C)c1ccccc1C2=O. The largest absolute Gasteiger partial charge is 0.307 e. The number of fused-ring (bicyclic) bond motifs is 2. The van der Waals surface area contributed by atoms with Crippen LogP contribution in [-0.2, 0) is 4.57 Å². The van der Waals surface area contributed by atoms with E-state index in [9.17, 15) is 9.36 Å². The predicted molar refractivity (Wildman–Crippen MR) is 92.8 cm³/mol. The van der Waals surface area contributed by atoms with Crippen molar-refractivity contribution in [2.24, 2.45) is 0 Å². The number of carbonyl (C=O) groups is 1. The van der Waals surface area contributed by atoms with Gasteiger partial charge in [0.25, 0.3) is 5.44 Å². The number of nitrogens with zero attached hydrogens (tertiary/aromatic N) is 1. The molecular weight excluding hydrogens is 307 g/mol. The van der Waals surface area contributed by atoms with Gasteiger partial charge >= 0.3 is 0 Å². The van der Waals surface area contributed by atoms with Gasteiger partial charge in [0.05, 0.1) is 0 Å². The number of nitrogen functional groups attached to an aromatic ring is 1. The minimum atomic E-state index is -2.99. The lowest BCUT2D eigenvalue weighted by Crippen LogP contribution is -2.64. The lowest BCUT2D eigenvalue weighted by atomic mass is 10.0. The number of hydrogen-bond acceptors (Lipinski definition) is 3. The second-order valence-corrected chi connectivity index (χ2v) is 9.87. The highest BCUT2D eigenvalue weighted by Gasteiger charge is 2.49. The smallest absolute Gasteiger partial charge is 0.284 e. The zero-order chi connectivity index (χ0) is 16.9. The van der Waals surface area contributed by atoms with Crippen LogP contribution in [0.4, 0.5) is 0 Å². The van der Waals surface area contributed by atoms with E-state index in [-0.39, 0.29) is 17.4 Å². The van der Waals surface area contributed by atoms with E-state index in [4.69, 9.17) is 5.84 Å². The van der Waals surface area contributed by atoms with E-state index < -0.39 is 7.14 Å². The number of aromatic nitrogens is 1. The second kappa shape index (κ2) is 5.31. The number of benzene rings is 1. The molecule has 1 unspecified atom stereocenters. The van der Waals surface area contributed by atoms with Crippen LogP contribution in [0.1, 0.15) is 55.2 Å². The maximum atomic E-state index is 14.1. The van der Waals surface area contributed by atoms with E-state index >= 15 is 0 Å². The maximum absolute atomic E-state index is 14.1. The first-order valence-electron chi connectivity index (χ1n) is 7.88. The summed E-state index contributed by atoms with van der Waals surface area (Å²) < 4.78 is 15.6. The summed E-state index contributed by atoms with van der Waals surface area (Å²) in [6.07, 6.45) is 0. The summed E-state index contributed by atoms with van der Waals surface area (Å²) in [5.41, 5.74) is 2.23. The molecule has 120 valence electrons. The molecule has 4 nitrogen and oxygen atoms in total. The summed E-state index contributed by atoms with van der Waals surface area (Å²) in [4.78, 5) is 12.9. The van der Waals surface area contributed by atoms with Gasteiger partial charge in [-0.2, -0.15) is 0 Å². The molecule has 23 heavy (non-hydrogen) atoms. The Morgan fingerprint density at radius 3 is 2.26 bits per heavy atom. The molecule has 1 aliphatic heterocycles. The molecule has 2 aromatic rings. The number of nitrogens with two attached hydrogens (primary N) is 1. The fourth-order valence-corrected chi connectivity index (χ4v) is 6.38. The Hall–Kier alpha value is -1.93. The summed E-state index contributed by atoms with van der Waals surface area (Å²) >= 11 is 0. The lowest BCUT2D eigenvalue weighted by molar-refractivity contribution is -0.630. The molecule has 2 N–H and O–H groups in total. The molecule has 1 aliphatic rings. The number of pyridine rings is 1. The molecule has 0 amide bonds.